The van der Waals surface area contributed by atoms with Crippen molar-refractivity contribution < 1.29 is 54.4 Å². The van der Waals surface area contributed by atoms with Gasteiger partial charge in [-0.3, -0.25) is 10.1 Å². The van der Waals surface area contributed by atoms with Gasteiger partial charge in [-0.2, -0.15) is 0 Å². The van der Waals surface area contributed by atoms with E-state index in [1.54, 1.807) is 18.2 Å². The number of carboxylic acid groups (broad SMARTS) is 1. The Morgan fingerprint density at radius 2 is 1.80 bits per heavy atom. The number of dihydropyridines is 1. The lowest BCUT2D eigenvalue weighted by atomic mass is 9.46. The van der Waals surface area contributed by atoms with Gasteiger partial charge in [0.05, 0.1) is 48.8 Å². The van der Waals surface area contributed by atoms with Crippen LogP contribution in [0.3, 0.4) is 0 Å². The third-order valence-corrected chi connectivity index (χ3v) is 18.3. The van der Waals surface area contributed by atoms with Gasteiger partial charge >= 0.3 is 5.97 Å². The number of carboxylic acids is 1. The molecule has 8 aliphatic rings. The van der Waals surface area contributed by atoms with Gasteiger partial charge in [-0.1, -0.05) is 49.3 Å². The van der Waals surface area contributed by atoms with Crippen LogP contribution < -0.4 is 35.9 Å². The number of hydrogen-bond acceptors (Lipinski definition) is 14. The summed E-state index contributed by atoms with van der Waals surface area (Å²) in [6, 6.07) is 8.33. The van der Waals surface area contributed by atoms with E-state index in [0.717, 1.165) is 62.5 Å². The number of nitrogens with one attached hydrogen (secondary N) is 3. The Hall–Kier alpha value is -4.77. The van der Waals surface area contributed by atoms with Crippen LogP contribution in [0.1, 0.15) is 101 Å². The molecule has 3 saturated carbocycles. The molecule has 0 amide bonds. The van der Waals surface area contributed by atoms with Gasteiger partial charge < -0.3 is 66.0 Å². The van der Waals surface area contributed by atoms with Crippen molar-refractivity contribution in [1.82, 2.24) is 16.0 Å². The van der Waals surface area contributed by atoms with E-state index in [0.29, 0.717) is 54.8 Å². The molecular formula is C55H74N4O11. The first-order valence-electron chi connectivity index (χ1n) is 25.9. The maximum atomic E-state index is 13.5. The van der Waals surface area contributed by atoms with Crippen molar-refractivity contribution in [2.45, 2.75) is 132 Å². The Morgan fingerprint density at radius 1 is 0.986 bits per heavy atom. The Labute approximate surface area is 411 Å². The lowest BCUT2D eigenvalue weighted by Crippen LogP contribution is -2.69. The summed E-state index contributed by atoms with van der Waals surface area (Å²) in [6.45, 7) is 2.69. The van der Waals surface area contributed by atoms with Gasteiger partial charge in [0.25, 0.3) is 0 Å². The molecule has 3 aliphatic heterocycles. The maximum Gasteiger partial charge on any atom is 0.311 e. The minimum absolute atomic E-state index is 0.0165. The summed E-state index contributed by atoms with van der Waals surface area (Å²) in [7, 11) is 1.46. The number of phenols is 2. The van der Waals surface area contributed by atoms with Crippen LogP contribution in [0.5, 0.6) is 28.7 Å². The van der Waals surface area contributed by atoms with Crippen molar-refractivity contribution in [3.05, 3.63) is 89.3 Å². The monoisotopic (exact) mass is 967 g/mol. The number of methoxy groups -OCH3 is 1. The predicted molar refractivity (Wildman–Crippen MR) is 262 cm³/mol. The van der Waals surface area contributed by atoms with Crippen LogP contribution in [0, 0.1) is 46.3 Å². The fraction of sp³-hybridized carbons (Fsp3) is 0.618. The number of rotatable bonds is 16. The summed E-state index contributed by atoms with van der Waals surface area (Å²) in [5.41, 5.74) is 7.18. The minimum Gasteiger partial charge on any atom is -0.504 e. The smallest absolute Gasteiger partial charge is 0.311 e. The van der Waals surface area contributed by atoms with Crippen LogP contribution in [0.15, 0.2) is 78.2 Å². The number of allylic oxidation sites excluding steroid dienone is 4. The number of aliphatic hydroxyl groups is 3. The van der Waals surface area contributed by atoms with Crippen molar-refractivity contribution >= 4 is 5.97 Å². The summed E-state index contributed by atoms with van der Waals surface area (Å²) in [5.74, 6) is -0.152. The van der Waals surface area contributed by atoms with Crippen molar-refractivity contribution in [3.63, 3.8) is 0 Å². The fourth-order valence-electron chi connectivity index (χ4n) is 15.3. The molecule has 0 aromatic heterocycles. The lowest BCUT2D eigenvalue weighted by Gasteiger charge is -2.61. The number of aliphatic carboxylic acids is 1. The van der Waals surface area contributed by atoms with E-state index >= 15 is 0 Å². The van der Waals surface area contributed by atoms with Crippen LogP contribution in [0.2, 0.25) is 0 Å². The summed E-state index contributed by atoms with van der Waals surface area (Å²) in [5, 5.41) is 77.4. The number of aliphatic hydroxyl groups excluding tert-OH is 3. The second-order valence-electron chi connectivity index (χ2n) is 21.9. The maximum absolute atomic E-state index is 13.5. The van der Waals surface area contributed by atoms with E-state index < -0.39 is 59.2 Å². The molecule has 2 aromatic rings. The molecule has 70 heavy (non-hydrogen) atoms. The highest BCUT2D eigenvalue weighted by atomic mass is 16.5. The standard InChI is InChI=1S/C55H74N4O11/c1-31-28-53(17-3-4-18-53)55(39(10-11-40(55)52(65)66)35-15-21-57-47(56)26-35)46(59-31)29-68-45-25-36(24-44(67-2)49(45)63)50-38(16-22-60)42(62)27-37(70-50)9-5-32-6-12-41(61)43(23-32)69-30-58-54-19-13-33-7-8-34(14-20-54)48(33)51(54)64/h6,10-13,15,19,23-26,31,33-34,37-40,42,46,48,50-51,57-64H,3-5,7-9,14,16-18,20-22,27-30,56H2,1-2H3,(H,65,66). The number of benzene rings is 2. The van der Waals surface area contributed by atoms with Crippen molar-refractivity contribution in [3.8, 4) is 28.7 Å². The molecule has 15 nitrogen and oxygen atoms in total. The molecule has 2 spiro atoms. The van der Waals surface area contributed by atoms with E-state index in [1.807, 2.05) is 24.3 Å². The molecule has 5 aliphatic carbocycles. The fourth-order valence-corrected chi connectivity index (χ4v) is 15.3. The molecule has 14 atom stereocenters. The molecule has 2 saturated heterocycles. The highest BCUT2D eigenvalue weighted by Gasteiger charge is 2.69. The molecule has 15 heteroatoms. The Morgan fingerprint density at radius 3 is 2.57 bits per heavy atom. The quantitative estimate of drug-likeness (QED) is 0.0702. The van der Waals surface area contributed by atoms with Gasteiger partial charge in [-0.15, -0.1) is 0 Å². The average molecular weight is 967 g/mol. The lowest BCUT2D eigenvalue weighted by molar-refractivity contribution is -0.160. The van der Waals surface area contributed by atoms with E-state index in [9.17, 15) is 35.4 Å². The number of hydrogen-bond donors (Lipinski definition) is 10. The predicted octanol–water partition coefficient (Wildman–Crippen LogP) is 5.85. The molecule has 0 radical (unpaired) electrons. The van der Waals surface area contributed by atoms with Gasteiger partial charge in [0.15, 0.2) is 23.0 Å². The van der Waals surface area contributed by atoms with Gasteiger partial charge in [-0.25, -0.2) is 0 Å². The van der Waals surface area contributed by atoms with Crippen molar-refractivity contribution in [1.29, 1.82) is 0 Å². The Bertz CT molecular complexity index is 2380. The second kappa shape index (κ2) is 19.7. The number of aromatic hydroxyl groups is 2. The van der Waals surface area contributed by atoms with Crippen molar-refractivity contribution in [2.24, 2.45) is 52.1 Å². The molecule has 10 rings (SSSR count). The minimum atomic E-state index is -0.879. The van der Waals surface area contributed by atoms with Crippen LogP contribution in [-0.2, 0) is 16.0 Å². The Balaban J connectivity index is 0.871. The number of piperidine rings is 1. The normalized spacial score (nSPS) is 37.0. The number of fused-ring (bicyclic) bond motifs is 2. The highest BCUT2D eigenvalue weighted by molar-refractivity contribution is 5.75. The number of aryl methyl sites for hydroxylation is 1. The van der Waals surface area contributed by atoms with Crippen molar-refractivity contribution in [2.75, 3.05) is 33.6 Å². The first-order chi connectivity index (χ1) is 33.8. The van der Waals surface area contributed by atoms with Gasteiger partial charge in [0.1, 0.15) is 13.3 Å². The number of ether oxygens (including phenoxy) is 4. The first-order valence-corrected chi connectivity index (χ1v) is 25.9. The molecule has 380 valence electrons. The summed E-state index contributed by atoms with van der Waals surface area (Å²) >= 11 is 0. The third kappa shape index (κ3) is 8.55. The van der Waals surface area contributed by atoms with E-state index in [2.05, 4.69) is 47.2 Å². The zero-order valence-electron chi connectivity index (χ0n) is 40.6. The molecule has 11 N–H and O–H groups in total. The number of phenolic OH excluding ortho intramolecular Hbond substituents is 2. The zero-order chi connectivity index (χ0) is 49.0. The van der Waals surface area contributed by atoms with Crippen LogP contribution in [-0.4, -0.2) is 106 Å². The van der Waals surface area contributed by atoms with Gasteiger partial charge in [-0.05, 0) is 148 Å². The SMILES string of the molecule is COc1cc(C2OC(CCc3ccc(O)c(OCNC45C=CC6CCC(CC4)C6C5O)c3)CC(O)C2CCO)cc(OCC2NC(C)CC3(CCCC3)C23C(C(=O)O)C=CC3C2=CCNC(N)=C2)c1O. The number of carbonyl (C=O) groups is 1. The third-order valence-electron chi connectivity index (χ3n) is 18.3. The van der Waals surface area contributed by atoms with E-state index in [-0.39, 0.29) is 72.7 Å². The average Bonchev–Trinajstić information content (AvgIpc) is 4.11. The van der Waals surface area contributed by atoms with Gasteiger partial charge in [0.2, 0.25) is 5.75 Å². The molecule has 3 heterocycles. The Kier molecular flexibility index (Phi) is 13.7. The molecular weight excluding hydrogens is 893 g/mol. The van der Waals surface area contributed by atoms with E-state index in [4.69, 9.17) is 24.7 Å². The molecule has 14 unspecified atom stereocenters. The topological polar surface area (TPSA) is 237 Å². The largest absolute Gasteiger partial charge is 0.504 e. The summed E-state index contributed by atoms with van der Waals surface area (Å²) in [6.07, 6.45) is 20.6. The summed E-state index contributed by atoms with van der Waals surface area (Å²) < 4.78 is 25.5. The van der Waals surface area contributed by atoms with Crippen LogP contribution in [0.25, 0.3) is 0 Å². The van der Waals surface area contributed by atoms with E-state index in [1.165, 1.54) is 13.5 Å². The van der Waals surface area contributed by atoms with Gasteiger partial charge in [0, 0.05) is 42.5 Å². The second-order valence-corrected chi connectivity index (χ2v) is 21.9. The van der Waals surface area contributed by atoms with Crippen LogP contribution >= 0.6 is 0 Å². The van der Waals surface area contributed by atoms with Crippen LogP contribution in [0.4, 0.5) is 0 Å². The number of nitrogens with two attached hydrogens (primary N) is 1. The highest BCUT2D eigenvalue weighted by Crippen LogP contribution is 2.68. The molecule has 2 aromatic carbocycles. The summed E-state index contributed by atoms with van der Waals surface area (Å²) in [4.78, 5) is 13.5. The molecule has 5 fully saturated rings. The first kappa shape index (κ1) is 48.8. The zero-order valence-corrected chi connectivity index (χ0v) is 40.6. The molecule has 2 bridgehead atoms.